The van der Waals surface area contributed by atoms with Crippen LogP contribution in [-0.2, 0) is 20.1 Å². The lowest BCUT2D eigenvalue weighted by atomic mass is 10.2. The number of hydrogen-bond donors (Lipinski definition) is 0. The molecule has 1 aromatic heterocycles. The van der Waals surface area contributed by atoms with Crippen LogP contribution in [0.5, 0.6) is 0 Å². The van der Waals surface area contributed by atoms with Gasteiger partial charge in [0.05, 0.1) is 24.5 Å². The molecule has 0 bridgehead atoms. The van der Waals surface area contributed by atoms with Crippen LogP contribution in [0.15, 0.2) is 4.52 Å². The summed E-state index contributed by atoms with van der Waals surface area (Å²) in [7, 11) is 0. The van der Waals surface area contributed by atoms with Gasteiger partial charge in [-0.05, 0) is 46.7 Å². The Bertz CT molecular complexity index is 630. The molecule has 1 atom stereocenters. The summed E-state index contributed by atoms with van der Waals surface area (Å²) in [6.45, 7) is 11.3. The minimum absolute atomic E-state index is 0.0732. The van der Waals surface area contributed by atoms with Gasteiger partial charge in [0.25, 0.3) is 0 Å². The first kappa shape index (κ1) is 22.7. The van der Waals surface area contributed by atoms with E-state index in [1.807, 2.05) is 18.7 Å². The number of esters is 1. The molecule has 8 heteroatoms. The molecule has 7 nitrogen and oxygen atoms in total. The third-order valence-corrected chi connectivity index (χ3v) is 6.18. The van der Waals surface area contributed by atoms with Crippen LogP contribution < -0.4 is 0 Å². The van der Waals surface area contributed by atoms with Crippen LogP contribution in [0.25, 0.3) is 0 Å². The second-order valence-corrected chi connectivity index (χ2v) is 8.10. The summed E-state index contributed by atoms with van der Waals surface area (Å²) in [5.41, 5.74) is 1.94. The predicted molar refractivity (Wildman–Crippen MR) is 110 cm³/mol. The molecule has 28 heavy (non-hydrogen) atoms. The van der Waals surface area contributed by atoms with Crippen molar-refractivity contribution in [2.24, 2.45) is 0 Å². The van der Waals surface area contributed by atoms with E-state index in [4.69, 9.17) is 9.26 Å². The number of ether oxygens (including phenoxy) is 1. The Morgan fingerprint density at radius 2 is 2.14 bits per heavy atom. The molecule has 0 N–H and O–H groups in total. The number of nitrogens with zero attached hydrogens (tertiary/aromatic N) is 3. The zero-order valence-corrected chi connectivity index (χ0v) is 18.3. The van der Waals surface area contributed by atoms with Crippen molar-refractivity contribution < 1.29 is 18.8 Å². The van der Waals surface area contributed by atoms with E-state index in [-0.39, 0.29) is 18.3 Å². The topological polar surface area (TPSA) is 75.9 Å². The molecule has 0 radical (unpaired) electrons. The number of likely N-dealkylation sites (N-methyl/N-ethyl adjacent to an activating group) is 1. The van der Waals surface area contributed by atoms with Gasteiger partial charge in [-0.1, -0.05) is 12.1 Å². The van der Waals surface area contributed by atoms with E-state index in [9.17, 15) is 9.59 Å². The second kappa shape index (κ2) is 11.5. The van der Waals surface area contributed by atoms with E-state index in [2.05, 4.69) is 17.0 Å². The first-order valence-electron chi connectivity index (χ1n) is 10.1. The van der Waals surface area contributed by atoms with Crippen molar-refractivity contribution in [3.8, 4) is 0 Å². The van der Waals surface area contributed by atoms with E-state index in [1.165, 1.54) is 6.42 Å². The highest BCUT2D eigenvalue weighted by atomic mass is 32.2. The lowest BCUT2D eigenvalue weighted by Gasteiger charge is -2.30. The summed E-state index contributed by atoms with van der Waals surface area (Å²) in [6, 6.07) is 0.378. The van der Waals surface area contributed by atoms with E-state index in [1.54, 1.807) is 18.7 Å². The van der Waals surface area contributed by atoms with Gasteiger partial charge in [-0.2, -0.15) is 0 Å². The molecule has 0 spiro atoms. The number of aryl methyl sites for hydroxylation is 2. The number of hydrogen-bond acceptors (Lipinski definition) is 7. The zero-order valence-electron chi connectivity index (χ0n) is 17.5. The Morgan fingerprint density at radius 1 is 1.36 bits per heavy atom. The Hall–Kier alpha value is -1.54. The molecule has 0 aliphatic carbocycles. The number of amides is 1. The molecule has 158 valence electrons. The average molecular weight is 412 g/mol. The number of aromatic nitrogens is 1. The summed E-state index contributed by atoms with van der Waals surface area (Å²) in [6.07, 6.45) is 2.51. The fraction of sp³-hybridized carbons (Fsp3) is 0.750. The van der Waals surface area contributed by atoms with Gasteiger partial charge in [-0.15, -0.1) is 11.8 Å². The fourth-order valence-electron chi connectivity index (χ4n) is 3.59. The quantitative estimate of drug-likeness (QED) is 0.518. The maximum absolute atomic E-state index is 12.9. The van der Waals surface area contributed by atoms with Gasteiger partial charge in [0.2, 0.25) is 5.91 Å². The number of thioether (sulfide) groups is 1. The van der Waals surface area contributed by atoms with E-state index in [0.29, 0.717) is 37.2 Å². The first-order valence-corrected chi connectivity index (χ1v) is 11.3. The predicted octanol–water partition coefficient (Wildman–Crippen LogP) is 2.79. The Balaban J connectivity index is 1.92. The molecule has 2 rings (SSSR count). The average Bonchev–Trinajstić information content (AvgIpc) is 3.25. The highest BCUT2D eigenvalue weighted by Crippen LogP contribution is 2.21. The van der Waals surface area contributed by atoms with Gasteiger partial charge in [0.1, 0.15) is 5.76 Å². The van der Waals surface area contributed by atoms with Crippen molar-refractivity contribution >= 4 is 23.6 Å². The molecule has 1 amide bonds. The molecule has 1 saturated heterocycles. The third-order valence-electron chi connectivity index (χ3n) is 5.23. The molecule has 1 aliphatic rings. The minimum Gasteiger partial charge on any atom is -0.466 e. The molecule has 1 aliphatic heterocycles. The van der Waals surface area contributed by atoms with Gasteiger partial charge in [0.15, 0.2) is 0 Å². The van der Waals surface area contributed by atoms with Crippen molar-refractivity contribution in [3.63, 3.8) is 0 Å². The summed E-state index contributed by atoms with van der Waals surface area (Å²) < 4.78 is 10.2. The number of likely N-dealkylation sites (tertiary alicyclic amines) is 1. The molecule has 2 heterocycles. The van der Waals surface area contributed by atoms with Crippen LogP contribution in [-0.4, -0.2) is 71.4 Å². The van der Waals surface area contributed by atoms with Gasteiger partial charge in [0, 0.05) is 30.4 Å². The molecule has 1 aromatic rings. The zero-order chi connectivity index (χ0) is 20.5. The van der Waals surface area contributed by atoms with E-state index < -0.39 is 0 Å². The Kier molecular flexibility index (Phi) is 9.31. The van der Waals surface area contributed by atoms with Crippen molar-refractivity contribution in [2.45, 2.75) is 58.8 Å². The van der Waals surface area contributed by atoms with Crippen molar-refractivity contribution in [3.05, 3.63) is 17.0 Å². The summed E-state index contributed by atoms with van der Waals surface area (Å²) in [5.74, 6) is 1.71. The fourth-order valence-corrected chi connectivity index (χ4v) is 4.66. The lowest BCUT2D eigenvalue weighted by molar-refractivity contribution is -0.144. The normalized spacial score (nSPS) is 17.1. The maximum Gasteiger partial charge on any atom is 0.307 e. The molecule has 1 fully saturated rings. The van der Waals surface area contributed by atoms with Crippen LogP contribution in [0.3, 0.4) is 0 Å². The van der Waals surface area contributed by atoms with E-state index >= 15 is 0 Å². The summed E-state index contributed by atoms with van der Waals surface area (Å²) in [4.78, 5) is 28.9. The highest BCUT2D eigenvalue weighted by Gasteiger charge is 2.27. The Morgan fingerprint density at radius 3 is 2.79 bits per heavy atom. The van der Waals surface area contributed by atoms with Gasteiger partial charge in [-0.25, -0.2) is 0 Å². The first-order chi connectivity index (χ1) is 13.5. The minimum atomic E-state index is -0.248. The van der Waals surface area contributed by atoms with Gasteiger partial charge < -0.3 is 14.2 Å². The molecule has 1 unspecified atom stereocenters. The molecular formula is C20H33N3O4S. The van der Waals surface area contributed by atoms with Crippen LogP contribution in [0.1, 0.15) is 50.1 Å². The smallest absolute Gasteiger partial charge is 0.307 e. The lowest BCUT2D eigenvalue weighted by Crippen LogP contribution is -2.44. The molecule has 0 saturated carbocycles. The van der Waals surface area contributed by atoms with Gasteiger partial charge in [-0.3, -0.25) is 14.5 Å². The third kappa shape index (κ3) is 6.51. The monoisotopic (exact) mass is 411 g/mol. The second-order valence-electron chi connectivity index (χ2n) is 7.11. The van der Waals surface area contributed by atoms with Crippen LogP contribution in [0.4, 0.5) is 0 Å². The van der Waals surface area contributed by atoms with Crippen molar-refractivity contribution in [1.82, 2.24) is 15.0 Å². The van der Waals surface area contributed by atoms with Gasteiger partial charge >= 0.3 is 5.97 Å². The van der Waals surface area contributed by atoms with Crippen LogP contribution in [0, 0.1) is 13.8 Å². The number of rotatable bonds is 11. The summed E-state index contributed by atoms with van der Waals surface area (Å²) in [5, 5.41) is 3.96. The van der Waals surface area contributed by atoms with Crippen molar-refractivity contribution in [2.75, 3.05) is 38.5 Å². The maximum atomic E-state index is 12.9. The number of carbonyl (C=O) groups is 2. The summed E-state index contributed by atoms with van der Waals surface area (Å²) >= 11 is 1.56. The highest BCUT2D eigenvalue weighted by molar-refractivity contribution is 7.99. The Labute approximate surface area is 172 Å². The molecular weight excluding hydrogens is 378 g/mol. The van der Waals surface area contributed by atoms with Crippen LogP contribution in [0.2, 0.25) is 0 Å². The molecule has 0 aromatic carbocycles. The largest absolute Gasteiger partial charge is 0.466 e. The standard InChI is InChI=1S/C20H33N3O4S/c1-5-22-10-7-8-17(22)12-23(11-9-20(25)26-6-2)19(24)14-28-13-18-15(3)21-27-16(18)4/h17H,5-14H2,1-4H3. The SMILES string of the molecule is CCOC(=O)CCN(CC1CCCN1CC)C(=O)CSCc1c(C)noc1C. The van der Waals surface area contributed by atoms with E-state index in [0.717, 1.165) is 36.5 Å². The number of carbonyl (C=O) groups excluding carboxylic acids is 2. The van der Waals surface area contributed by atoms with Crippen molar-refractivity contribution in [1.29, 1.82) is 0 Å². The van der Waals surface area contributed by atoms with Crippen LogP contribution >= 0.6 is 11.8 Å².